The van der Waals surface area contributed by atoms with Crippen LogP contribution in [0.15, 0.2) is 12.4 Å². The molecule has 1 fully saturated rings. The predicted molar refractivity (Wildman–Crippen MR) is 72.1 cm³/mol. The Bertz CT molecular complexity index is 500. The number of carboxylic acids is 1. The molecule has 20 heavy (non-hydrogen) atoms. The molecule has 2 N–H and O–H groups in total. The Hall–Kier alpha value is -2.05. The molecule has 110 valence electrons. The van der Waals surface area contributed by atoms with Crippen LogP contribution in [0.3, 0.4) is 0 Å². The first-order chi connectivity index (χ1) is 9.52. The van der Waals surface area contributed by atoms with Gasteiger partial charge in [-0.2, -0.15) is 5.10 Å². The van der Waals surface area contributed by atoms with E-state index in [0.29, 0.717) is 12.1 Å². The van der Waals surface area contributed by atoms with Gasteiger partial charge in [-0.15, -0.1) is 0 Å². The Labute approximate surface area is 117 Å². The number of carboxylic acid groups (broad SMARTS) is 1. The smallest absolute Gasteiger partial charge is 0.331 e. The number of nitrogens with one attached hydrogen (secondary N) is 1. The molecule has 2 heterocycles. The molecule has 7 nitrogen and oxygen atoms in total. The molecule has 0 bridgehead atoms. The fraction of sp³-hybridized carbons (Fsp3) is 0.615. The molecule has 0 saturated carbocycles. The van der Waals surface area contributed by atoms with Crippen LogP contribution in [-0.4, -0.2) is 44.4 Å². The minimum atomic E-state index is -1.08. The maximum Gasteiger partial charge on any atom is 0.331 e. The van der Waals surface area contributed by atoms with Gasteiger partial charge >= 0.3 is 12.0 Å². The first-order valence-corrected chi connectivity index (χ1v) is 6.81. The first-order valence-electron chi connectivity index (χ1n) is 6.81. The van der Waals surface area contributed by atoms with Gasteiger partial charge in [-0.05, 0) is 19.3 Å². The number of aromatic nitrogens is 2. The number of carbonyl (C=O) groups excluding carboxylic acids is 1. The van der Waals surface area contributed by atoms with E-state index in [-0.39, 0.29) is 12.1 Å². The summed E-state index contributed by atoms with van der Waals surface area (Å²) in [5.41, 5.74) is 0.473. The van der Waals surface area contributed by atoms with E-state index in [1.807, 2.05) is 6.92 Å². The molecular formula is C13H20N4O3. The maximum atomic E-state index is 12.2. The molecule has 2 rings (SSSR count). The lowest BCUT2D eigenvalue weighted by atomic mass is 10.1. The molecule has 1 aromatic heterocycles. The van der Waals surface area contributed by atoms with Gasteiger partial charge in [0.15, 0.2) is 6.04 Å². The summed E-state index contributed by atoms with van der Waals surface area (Å²) in [6, 6.07) is -1.17. The minimum absolute atomic E-state index is 0.207. The molecule has 2 atom stereocenters. The van der Waals surface area contributed by atoms with Crippen LogP contribution in [-0.2, 0) is 11.8 Å². The molecular weight excluding hydrogens is 260 g/mol. The third-order valence-corrected chi connectivity index (χ3v) is 3.68. The van der Waals surface area contributed by atoms with Gasteiger partial charge in [-0.25, -0.2) is 9.59 Å². The molecule has 2 unspecified atom stereocenters. The zero-order valence-corrected chi connectivity index (χ0v) is 11.7. The summed E-state index contributed by atoms with van der Waals surface area (Å²) in [6.07, 6.45) is 5.89. The second-order valence-corrected chi connectivity index (χ2v) is 5.07. The van der Waals surface area contributed by atoms with E-state index in [1.165, 1.54) is 10.9 Å². The van der Waals surface area contributed by atoms with E-state index in [4.69, 9.17) is 0 Å². The van der Waals surface area contributed by atoms with Crippen LogP contribution in [0.1, 0.15) is 37.8 Å². The van der Waals surface area contributed by atoms with Crippen molar-refractivity contribution in [2.24, 2.45) is 7.05 Å². The van der Waals surface area contributed by atoms with Crippen molar-refractivity contribution in [1.29, 1.82) is 0 Å². The number of likely N-dealkylation sites (tertiary alicyclic amines) is 1. The van der Waals surface area contributed by atoms with Gasteiger partial charge in [0, 0.05) is 31.4 Å². The largest absolute Gasteiger partial charge is 0.479 e. The maximum absolute atomic E-state index is 12.2. The zero-order chi connectivity index (χ0) is 14.7. The van der Waals surface area contributed by atoms with E-state index in [2.05, 4.69) is 10.4 Å². The summed E-state index contributed by atoms with van der Waals surface area (Å²) in [5.74, 6) is -1.08. The minimum Gasteiger partial charge on any atom is -0.479 e. The van der Waals surface area contributed by atoms with Crippen LogP contribution in [0, 0.1) is 0 Å². The highest BCUT2D eigenvalue weighted by Gasteiger charge is 2.31. The molecule has 1 aliphatic rings. The number of aryl methyl sites for hydroxylation is 1. The summed E-state index contributed by atoms with van der Waals surface area (Å²) in [5, 5.41) is 15.8. The number of hydrogen-bond donors (Lipinski definition) is 2. The standard InChI is InChI=1S/C13H20N4O3/c1-3-10-5-4-6-17(10)13(20)15-11(12(18)19)9-7-14-16(2)8-9/h7-8,10-11H,3-6H2,1-2H3,(H,15,20)(H,18,19). The lowest BCUT2D eigenvalue weighted by molar-refractivity contribution is -0.139. The van der Waals surface area contributed by atoms with Crippen LogP contribution in [0.25, 0.3) is 0 Å². The highest BCUT2D eigenvalue weighted by Crippen LogP contribution is 2.21. The summed E-state index contributed by atoms with van der Waals surface area (Å²) in [6.45, 7) is 2.72. The molecule has 1 saturated heterocycles. The van der Waals surface area contributed by atoms with Gasteiger partial charge in [0.1, 0.15) is 0 Å². The lowest BCUT2D eigenvalue weighted by Crippen LogP contribution is -2.45. The van der Waals surface area contributed by atoms with Crippen LogP contribution in [0.4, 0.5) is 4.79 Å². The quantitative estimate of drug-likeness (QED) is 0.865. The van der Waals surface area contributed by atoms with Crippen molar-refractivity contribution in [2.75, 3.05) is 6.54 Å². The monoisotopic (exact) mass is 280 g/mol. The second-order valence-electron chi connectivity index (χ2n) is 5.07. The molecule has 0 radical (unpaired) electrons. The second kappa shape index (κ2) is 5.94. The molecule has 0 spiro atoms. The number of carbonyl (C=O) groups is 2. The van der Waals surface area contributed by atoms with E-state index in [0.717, 1.165) is 19.3 Å². The Morgan fingerprint density at radius 2 is 2.35 bits per heavy atom. The summed E-state index contributed by atoms with van der Waals surface area (Å²) >= 11 is 0. The van der Waals surface area contributed by atoms with E-state index >= 15 is 0 Å². The van der Waals surface area contributed by atoms with Crippen LogP contribution < -0.4 is 5.32 Å². The Morgan fingerprint density at radius 1 is 1.60 bits per heavy atom. The molecule has 7 heteroatoms. The fourth-order valence-electron chi connectivity index (χ4n) is 2.61. The summed E-state index contributed by atoms with van der Waals surface area (Å²) in [7, 11) is 1.71. The molecule has 1 aromatic rings. The molecule has 0 aromatic carbocycles. The number of amides is 2. The van der Waals surface area contributed by atoms with Crippen molar-refractivity contribution >= 4 is 12.0 Å². The van der Waals surface area contributed by atoms with Crippen molar-refractivity contribution in [1.82, 2.24) is 20.0 Å². The highest BCUT2D eigenvalue weighted by molar-refractivity contribution is 5.83. The third kappa shape index (κ3) is 2.92. The van der Waals surface area contributed by atoms with Gasteiger partial charge in [0.25, 0.3) is 0 Å². The normalized spacial score (nSPS) is 19.9. The van der Waals surface area contributed by atoms with Crippen LogP contribution in [0.5, 0.6) is 0 Å². The van der Waals surface area contributed by atoms with Crippen molar-refractivity contribution in [3.05, 3.63) is 18.0 Å². The molecule has 0 aliphatic carbocycles. The predicted octanol–water partition coefficient (Wildman–Crippen LogP) is 1.13. The fourth-order valence-corrected chi connectivity index (χ4v) is 2.61. The van der Waals surface area contributed by atoms with Crippen LogP contribution in [0.2, 0.25) is 0 Å². The van der Waals surface area contributed by atoms with E-state index in [1.54, 1.807) is 18.1 Å². The van der Waals surface area contributed by atoms with Crippen molar-refractivity contribution in [3.63, 3.8) is 0 Å². The average molecular weight is 280 g/mol. The average Bonchev–Trinajstić information content (AvgIpc) is 3.03. The van der Waals surface area contributed by atoms with E-state index in [9.17, 15) is 14.7 Å². The van der Waals surface area contributed by atoms with E-state index < -0.39 is 12.0 Å². The Balaban J connectivity index is 2.09. The molecule has 1 aliphatic heterocycles. The topological polar surface area (TPSA) is 87.5 Å². The van der Waals surface area contributed by atoms with Crippen molar-refractivity contribution in [3.8, 4) is 0 Å². The lowest BCUT2D eigenvalue weighted by Gasteiger charge is -2.25. The first kappa shape index (κ1) is 14.4. The van der Waals surface area contributed by atoms with Crippen LogP contribution >= 0.6 is 0 Å². The van der Waals surface area contributed by atoms with Crippen molar-refractivity contribution in [2.45, 2.75) is 38.3 Å². The Morgan fingerprint density at radius 3 is 2.90 bits per heavy atom. The van der Waals surface area contributed by atoms with Gasteiger partial charge in [0.05, 0.1) is 6.20 Å². The Kier molecular flexibility index (Phi) is 4.26. The van der Waals surface area contributed by atoms with Crippen molar-refractivity contribution < 1.29 is 14.7 Å². The third-order valence-electron chi connectivity index (χ3n) is 3.68. The van der Waals surface area contributed by atoms with Gasteiger partial charge in [0.2, 0.25) is 0 Å². The van der Waals surface area contributed by atoms with Gasteiger partial charge in [-0.1, -0.05) is 6.92 Å². The molecule has 2 amide bonds. The number of rotatable bonds is 4. The number of hydrogen-bond acceptors (Lipinski definition) is 3. The van der Waals surface area contributed by atoms with Gasteiger partial charge < -0.3 is 15.3 Å². The number of urea groups is 1. The number of nitrogens with zero attached hydrogens (tertiary/aromatic N) is 3. The SMILES string of the molecule is CCC1CCCN1C(=O)NC(C(=O)O)c1cnn(C)c1. The van der Waals surface area contributed by atoms with Gasteiger partial charge in [-0.3, -0.25) is 4.68 Å². The zero-order valence-electron chi connectivity index (χ0n) is 11.7. The highest BCUT2D eigenvalue weighted by atomic mass is 16.4. The number of aliphatic carboxylic acids is 1. The summed E-state index contributed by atoms with van der Waals surface area (Å²) < 4.78 is 1.52. The summed E-state index contributed by atoms with van der Waals surface area (Å²) in [4.78, 5) is 25.3.